The van der Waals surface area contributed by atoms with Gasteiger partial charge >= 0.3 is 5.97 Å². The van der Waals surface area contributed by atoms with Crippen molar-refractivity contribution in [3.8, 4) is 0 Å². The van der Waals surface area contributed by atoms with Gasteiger partial charge in [0.15, 0.2) is 0 Å². The minimum absolute atomic E-state index is 0.231. The summed E-state index contributed by atoms with van der Waals surface area (Å²) in [5.74, 6) is -2.91. The molecule has 0 spiro atoms. The molecule has 0 saturated carbocycles. The molecule has 1 aliphatic rings. The molecule has 4 nitrogen and oxygen atoms in total. The average molecular weight is 297 g/mol. The van der Waals surface area contributed by atoms with Crippen molar-refractivity contribution in [2.75, 3.05) is 13.1 Å². The lowest BCUT2D eigenvalue weighted by molar-refractivity contribution is -0.152. The highest BCUT2D eigenvalue weighted by Crippen LogP contribution is 2.35. The Kier molecular flexibility index (Phi) is 4.25. The van der Waals surface area contributed by atoms with Crippen LogP contribution in [0.4, 0.5) is 8.78 Å². The summed E-state index contributed by atoms with van der Waals surface area (Å²) in [5.41, 5.74) is -1.13. The Morgan fingerprint density at radius 1 is 1.29 bits per heavy atom. The van der Waals surface area contributed by atoms with Crippen LogP contribution in [0.25, 0.3) is 0 Å². The molecule has 0 atom stereocenters. The van der Waals surface area contributed by atoms with Crippen molar-refractivity contribution in [1.29, 1.82) is 0 Å². The third kappa shape index (κ3) is 2.89. The highest BCUT2D eigenvalue weighted by molar-refractivity contribution is 5.94. The van der Waals surface area contributed by atoms with E-state index >= 15 is 0 Å². The standard InChI is InChI=1S/C15H17F2NO3/c1-2-15(14(20)21)5-7-18(8-6-15)13(19)11-9-10(16)3-4-12(11)17/h3-4,9H,2,5-8H2,1H3,(H,20,21). The number of likely N-dealkylation sites (tertiary alicyclic amines) is 1. The molecule has 1 aromatic rings. The van der Waals surface area contributed by atoms with Crippen LogP contribution in [0.1, 0.15) is 36.5 Å². The highest BCUT2D eigenvalue weighted by atomic mass is 19.1. The van der Waals surface area contributed by atoms with E-state index in [4.69, 9.17) is 0 Å². The molecular weight excluding hydrogens is 280 g/mol. The lowest BCUT2D eigenvalue weighted by Crippen LogP contribution is -2.46. The van der Waals surface area contributed by atoms with Crippen LogP contribution in [0.5, 0.6) is 0 Å². The lowest BCUT2D eigenvalue weighted by atomic mass is 9.76. The first-order valence-electron chi connectivity index (χ1n) is 6.87. The number of carbonyl (C=O) groups excluding carboxylic acids is 1. The van der Waals surface area contributed by atoms with Gasteiger partial charge in [0.1, 0.15) is 11.6 Å². The molecule has 0 unspecified atom stereocenters. The molecule has 1 N–H and O–H groups in total. The van der Waals surface area contributed by atoms with Crippen molar-refractivity contribution in [2.24, 2.45) is 5.41 Å². The van der Waals surface area contributed by atoms with Gasteiger partial charge in [0, 0.05) is 13.1 Å². The monoisotopic (exact) mass is 297 g/mol. The minimum Gasteiger partial charge on any atom is -0.481 e. The maximum Gasteiger partial charge on any atom is 0.309 e. The van der Waals surface area contributed by atoms with Crippen LogP contribution in [0.15, 0.2) is 18.2 Å². The number of amides is 1. The van der Waals surface area contributed by atoms with Crippen molar-refractivity contribution in [3.63, 3.8) is 0 Å². The molecule has 114 valence electrons. The zero-order chi connectivity index (χ0) is 15.6. The van der Waals surface area contributed by atoms with E-state index in [0.29, 0.717) is 19.3 Å². The first kappa shape index (κ1) is 15.4. The third-order valence-electron chi connectivity index (χ3n) is 4.30. The normalized spacial score (nSPS) is 17.6. The van der Waals surface area contributed by atoms with Gasteiger partial charge in [0.25, 0.3) is 5.91 Å². The second kappa shape index (κ2) is 5.79. The van der Waals surface area contributed by atoms with Crippen LogP contribution in [0, 0.1) is 17.0 Å². The van der Waals surface area contributed by atoms with Crippen LogP contribution >= 0.6 is 0 Å². The summed E-state index contributed by atoms with van der Waals surface area (Å²) in [6.45, 7) is 2.27. The Bertz CT molecular complexity index is 566. The fraction of sp³-hybridized carbons (Fsp3) is 0.467. The highest BCUT2D eigenvalue weighted by Gasteiger charge is 2.41. The number of halogens is 2. The van der Waals surface area contributed by atoms with E-state index < -0.39 is 28.9 Å². The van der Waals surface area contributed by atoms with Crippen LogP contribution in [0.2, 0.25) is 0 Å². The number of nitrogens with zero attached hydrogens (tertiary/aromatic N) is 1. The number of hydrogen-bond donors (Lipinski definition) is 1. The zero-order valence-corrected chi connectivity index (χ0v) is 11.7. The molecule has 2 rings (SSSR count). The number of piperidine rings is 1. The molecule has 21 heavy (non-hydrogen) atoms. The van der Waals surface area contributed by atoms with E-state index in [1.54, 1.807) is 6.92 Å². The first-order valence-corrected chi connectivity index (χ1v) is 6.87. The van der Waals surface area contributed by atoms with E-state index in [0.717, 1.165) is 18.2 Å². The molecule has 1 aromatic carbocycles. The summed E-state index contributed by atoms with van der Waals surface area (Å²) in [7, 11) is 0. The van der Waals surface area contributed by atoms with Gasteiger partial charge in [-0.2, -0.15) is 0 Å². The summed E-state index contributed by atoms with van der Waals surface area (Å²) < 4.78 is 26.8. The third-order valence-corrected chi connectivity index (χ3v) is 4.30. The molecule has 1 saturated heterocycles. The van der Waals surface area contributed by atoms with E-state index in [2.05, 4.69) is 0 Å². The second-order valence-electron chi connectivity index (χ2n) is 5.36. The summed E-state index contributed by atoms with van der Waals surface area (Å²) in [5, 5.41) is 9.30. The van der Waals surface area contributed by atoms with Crippen LogP contribution in [-0.4, -0.2) is 35.0 Å². The van der Waals surface area contributed by atoms with Crippen molar-refractivity contribution in [3.05, 3.63) is 35.4 Å². The van der Waals surface area contributed by atoms with Crippen molar-refractivity contribution >= 4 is 11.9 Å². The molecule has 0 bridgehead atoms. The number of carboxylic acids is 1. The van der Waals surface area contributed by atoms with Crippen molar-refractivity contribution in [2.45, 2.75) is 26.2 Å². The molecule has 6 heteroatoms. The predicted octanol–water partition coefficient (Wildman–Crippen LogP) is 2.68. The number of hydrogen-bond acceptors (Lipinski definition) is 2. The molecule has 1 aliphatic heterocycles. The lowest BCUT2D eigenvalue weighted by Gasteiger charge is -2.38. The van der Waals surface area contributed by atoms with Gasteiger partial charge in [0.05, 0.1) is 11.0 Å². The van der Waals surface area contributed by atoms with E-state index in [1.807, 2.05) is 0 Å². The van der Waals surface area contributed by atoms with Crippen molar-refractivity contribution < 1.29 is 23.5 Å². The fourth-order valence-corrected chi connectivity index (χ4v) is 2.69. The van der Waals surface area contributed by atoms with E-state index in [-0.39, 0.29) is 18.7 Å². The van der Waals surface area contributed by atoms with Gasteiger partial charge in [-0.15, -0.1) is 0 Å². The molecule has 0 aromatic heterocycles. The Labute approximate surface area is 121 Å². The van der Waals surface area contributed by atoms with E-state index in [1.165, 1.54) is 4.90 Å². The molecule has 0 aliphatic carbocycles. The second-order valence-corrected chi connectivity index (χ2v) is 5.36. The number of carboxylic acid groups (broad SMARTS) is 1. The average Bonchev–Trinajstić information content (AvgIpc) is 2.49. The maximum absolute atomic E-state index is 13.6. The summed E-state index contributed by atoms with van der Waals surface area (Å²) >= 11 is 0. The fourth-order valence-electron chi connectivity index (χ4n) is 2.69. The number of benzene rings is 1. The first-order chi connectivity index (χ1) is 9.89. The maximum atomic E-state index is 13.6. The topological polar surface area (TPSA) is 57.6 Å². The zero-order valence-electron chi connectivity index (χ0n) is 11.7. The Hall–Kier alpha value is -1.98. The largest absolute Gasteiger partial charge is 0.481 e. The van der Waals surface area contributed by atoms with Crippen molar-refractivity contribution in [1.82, 2.24) is 4.90 Å². The van der Waals surface area contributed by atoms with E-state index in [9.17, 15) is 23.5 Å². The van der Waals surface area contributed by atoms with Gasteiger partial charge in [-0.1, -0.05) is 6.92 Å². The molecule has 0 radical (unpaired) electrons. The Balaban J connectivity index is 2.13. The van der Waals surface area contributed by atoms with Crippen LogP contribution < -0.4 is 0 Å². The smallest absolute Gasteiger partial charge is 0.309 e. The van der Waals surface area contributed by atoms with Gasteiger partial charge in [0.2, 0.25) is 0 Å². The predicted molar refractivity (Wildman–Crippen MR) is 71.9 cm³/mol. The number of rotatable bonds is 3. The minimum atomic E-state index is -0.867. The summed E-state index contributed by atoms with van der Waals surface area (Å²) in [4.78, 5) is 24.9. The Morgan fingerprint density at radius 3 is 2.43 bits per heavy atom. The Morgan fingerprint density at radius 2 is 1.90 bits per heavy atom. The number of aliphatic carboxylic acids is 1. The molecular formula is C15H17F2NO3. The molecule has 1 amide bonds. The quantitative estimate of drug-likeness (QED) is 0.933. The van der Waals surface area contributed by atoms with Gasteiger partial charge in [-0.25, -0.2) is 8.78 Å². The van der Waals surface area contributed by atoms with Gasteiger partial charge in [-0.05, 0) is 37.5 Å². The summed E-state index contributed by atoms with van der Waals surface area (Å²) in [6, 6.07) is 2.74. The van der Waals surface area contributed by atoms with Gasteiger partial charge in [-0.3, -0.25) is 9.59 Å². The van der Waals surface area contributed by atoms with Crippen LogP contribution in [-0.2, 0) is 4.79 Å². The molecule has 1 fully saturated rings. The SMILES string of the molecule is CCC1(C(=O)O)CCN(C(=O)c2cc(F)ccc2F)CC1. The number of carbonyl (C=O) groups is 2. The summed E-state index contributed by atoms with van der Waals surface area (Å²) in [6.07, 6.45) is 1.13. The molecule has 1 heterocycles. The van der Waals surface area contributed by atoms with Gasteiger partial charge < -0.3 is 10.0 Å². The van der Waals surface area contributed by atoms with Crippen LogP contribution in [0.3, 0.4) is 0 Å².